The number of hydrogen-bond donors (Lipinski definition) is 9. The molecule has 0 aromatic heterocycles. The van der Waals surface area contributed by atoms with Gasteiger partial charge in [-0.2, -0.15) is 17.6 Å². The monoisotopic (exact) mass is 699 g/mol. The molecule has 12 N–H and O–H groups in total. The number of hydrogen-bond acceptors (Lipinski definition) is 7. The number of rotatable bonds is 17. The molecule has 14 nitrogen and oxygen atoms in total. The number of amides is 3. The first-order chi connectivity index (χ1) is 21.1. The number of unbranched alkanes of at least 4 members (excludes halogenated alkanes) is 1. The van der Waals surface area contributed by atoms with Crippen LogP contribution in [0.25, 0.3) is 0 Å². The highest BCUT2D eigenvalue weighted by Crippen LogP contribution is 2.60. The molecule has 2 rings (SSSR count). The molecule has 256 valence electrons. The van der Waals surface area contributed by atoms with E-state index < -0.39 is 73.5 Å². The number of primary amides is 1. The van der Waals surface area contributed by atoms with E-state index in [9.17, 15) is 41.1 Å². The molecular weight excluding hydrogens is 664 g/mol. The largest absolute Gasteiger partial charge is 0.399 e. The number of benzene rings is 2. The Morgan fingerprint density at radius 1 is 0.717 bits per heavy atom. The van der Waals surface area contributed by atoms with Crippen LogP contribution in [0.5, 0.6) is 0 Å². The third kappa shape index (κ3) is 10.1. The summed E-state index contributed by atoms with van der Waals surface area (Å²) in [5.74, 6) is -2.84. The van der Waals surface area contributed by atoms with Crippen LogP contribution in [-0.4, -0.2) is 62.0 Å². The molecule has 2 aromatic rings. The first-order valence-electron chi connectivity index (χ1n) is 13.5. The average Bonchev–Trinajstić information content (AvgIpc) is 2.95. The molecule has 0 unspecified atom stereocenters. The van der Waals surface area contributed by atoms with Crippen molar-refractivity contribution >= 4 is 32.9 Å². The van der Waals surface area contributed by atoms with Gasteiger partial charge in [0.15, 0.2) is 0 Å². The standard InChI is InChI=1S/C26H35F4N5O9P2/c27-25(28,45(39,40)41)17-8-4-15(5-9-17)13-20(22(33)36)34-24(38)21(35-23(37)19(32)3-1-2-12-31)14-16-6-10-18(11-7-16)26(29,30)46(42,43)44/h4-11,19-21H,1-3,12-14,31-32H2,(H2,33,36)(H,34,38)(H,35,37)(H2,39,40,41)(H2,42,43,44)/t19-,20-,21-/m0/s1. The summed E-state index contributed by atoms with van der Waals surface area (Å²) in [7, 11) is -11.7. The predicted octanol–water partition coefficient (Wildman–Crippen LogP) is 0.837. The number of alkyl halides is 4. The Labute approximate surface area is 260 Å². The summed E-state index contributed by atoms with van der Waals surface area (Å²) in [6, 6.07) is 3.04. The van der Waals surface area contributed by atoms with Crippen molar-refractivity contribution in [2.75, 3.05) is 6.54 Å². The fourth-order valence-electron chi connectivity index (χ4n) is 4.11. The van der Waals surface area contributed by atoms with Gasteiger partial charge in [0.1, 0.15) is 12.1 Å². The average molecular weight is 700 g/mol. The van der Waals surface area contributed by atoms with Crippen LogP contribution in [0.4, 0.5) is 17.6 Å². The number of carbonyl (C=O) groups excluding carboxylic acids is 3. The van der Waals surface area contributed by atoms with E-state index in [-0.39, 0.29) is 30.4 Å². The van der Waals surface area contributed by atoms with E-state index in [0.29, 0.717) is 19.4 Å². The van der Waals surface area contributed by atoms with Crippen LogP contribution in [0, 0.1) is 0 Å². The molecular formula is C26H35F4N5O9P2. The molecule has 0 spiro atoms. The smallest absolute Gasteiger partial charge is 0.368 e. The first kappa shape index (κ1) is 39.0. The Hall–Kier alpha value is -3.21. The lowest BCUT2D eigenvalue weighted by atomic mass is 10.0. The molecule has 0 saturated heterocycles. The van der Waals surface area contributed by atoms with Crippen molar-refractivity contribution in [2.45, 2.75) is 61.6 Å². The lowest BCUT2D eigenvalue weighted by molar-refractivity contribution is -0.131. The Balaban J connectivity index is 2.31. The molecule has 0 saturated carbocycles. The minimum atomic E-state index is -5.86. The summed E-state index contributed by atoms with van der Waals surface area (Å²) in [6.07, 6.45) is 0.514. The van der Waals surface area contributed by atoms with Gasteiger partial charge in [0.05, 0.1) is 6.04 Å². The number of nitrogens with one attached hydrogen (secondary N) is 2. The number of nitrogens with two attached hydrogens (primary N) is 3. The summed E-state index contributed by atoms with van der Waals surface area (Å²) in [5.41, 5.74) is 6.10. The number of halogens is 4. The summed E-state index contributed by atoms with van der Waals surface area (Å²) >= 11 is 0. The maximum atomic E-state index is 14.1. The lowest BCUT2D eigenvalue weighted by Gasteiger charge is -2.24. The zero-order valence-electron chi connectivity index (χ0n) is 24.1. The maximum absolute atomic E-state index is 14.1. The van der Waals surface area contributed by atoms with E-state index >= 15 is 0 Å². The fourth-order valence-corrected chi connectivity index (χ4v) is 5.08. The zero-order valence-corrected chi connectivity index (χ0v) is 25.9. The first-order valence-corrected chi connectivity index (χ1v) is 16.8. The van der Waals surface area contributed by atoms with Crippen LogP contribution in [0.3, 0.4) is 0 Å². The molecule has 3 amide bonds. The van der Waals surface area contributed by atoms with Crippen molar-refractivity contribution in [2.24, 2.45) is 17.2 Å². The third-order valence-corrected chi connectivity index (χ3v) is 8.79. The highest BCUT2D eigenvalue weighted by molar-refractivity contribution is 7.52. The molecule has 0 radical (unpaired) electrons. The van der Waals surface area contributed by atoms with E-state index in [1.54, 1.807) is 0 Å². The van der Waals surface area contributed by atoms with Gasteiger partial charge in [0.25, 0.3) is 0 Å². The molecule has 46 heavy (non-hydrogen) atoms. The van der Waals surface area contributed by atoms with Crippen molar-refractivity contribution < 1.29 is 60.6 Å². The molecule has 3 atom stereocenters. The minimum absolute atomic E-state index is 0.151. The Bertz CT molecular complexity index is 1470. The third-order valence-electron chi connectivity index (χ3n) is 6.81. The molecule has 0 bridgehead atoms. The highest BCUT2D eigenvalue weighted by atomic mass is 31.2. The van der Waals surface area contributed by atoms with Crippen LogP contribution < -0.4 is 27.8 Å². The molecule has 0 fully saturated rings. The molecule has 0 aliphatic rings. The van der Waals surface area contributed by atoms with E-state index in [2.05, 4.69) is 10.6 Å². The van der Waals surface area contributed by atoms with Gasteiger partial charge in [0.2, 0.25) is 17.7 Å². The quantitative estimate of drug-likeness (QED) is 0.0634. The van der Waals surface area contributed by atoms with E-state index in [1.165, 1.54) is 0 Å². The Morgan fingerprint density at radius 3 is 1.48 bits per heavy atom. The molecule has 2 aromatic carbocycles. The van der Waals surface area contributed by atoms with Crippen molar-refractivity contribution in [1.82, 2.24) is 10.6 Å². The van der Waals surface area contributed by atoms with Gasteiger partial charge >= 0.3 is 26.5 Å². The van der Waals surface area contributed by atoms with Crippen molar-refractivity contribution in [3.63, 3.8) is 0 Å². The van der Waals surface area contributed by atoms with Crippen LogP contribution in [0.1, 0.15) is 41.5 Å². The Morgan fingerprint density at radius 2 is 1.11 bits per heavy atom. The van der Waals surface area contributed by atoms with E-state index in [4.69, 9.17) is 36.8 Å². The number of carbonyl (C=O) groups is 3. The van der Waals surface area contributed by atoms with Gasteiger partial charge in [-0.3, -0.25) is 23.5 Å². The minimum Gasteiger partial charge on any atom is -0.368 e. The fraction of sp³-hybridized carbons (Fsp3) is 0.423. The van der Waals surface area contributed by atoms with Crippen molar-refractivity contribution in [1.29, 1.82) is 0 Å². The van der Waals surface area contributed by atoms with Crippen molar-refractivity contribution in [3.8, 4) is 0 Å². The summed E-state index contributed by atoms with van der Waals surface area (Å²) in [4.78, 5) is 74.1. The normalized spacial score (nSPS) is 14.7. The second-order valence-corrected chi connectivity index (χ2v) is 13.7. The van der Waals surface area contributed by atoms with Crippen LogP contribution in [-0.2, 0) is 47.7 Å². The summed E-state index contributed by atoms with van der Waals surface area (Å²) in [5, 5.41) is 4.74. The van der Waals surface area contributed by atoms with Crippen molar-refractivity contribution in [3.05, 3.63) is 70.8 Å². The van der Waals surface area contributed by atoms with Crippen LogP contribution in [0.15, 0.2) is 48.5 Å². The van der Waals surface area contributed by atoms with Gasteiger partial charge in [0, 0.05) is 24.0 Å². The zero-order chi connectivity index (χ0) is 35.1. The second-order valence-electron chi connectivity index (χ2n) is 10.4. The summed E-state index contributed by atoms with van der Waals surface area (Å²) < 4.78 is 78.5. The van der Waals surface area contributed by atoms with E-state index in [1.807, 2.05) is 0 Å². The SMILES string of the molecule is NCCCC[C@H](N)C(=O)N[C@@H](Cc1ccc(C(F)(F)P(=O)(O)O)cc1)C(=O)N[C@@H](Cc1ccc(C(F)(F)P(=O)(O)O)cc1)C(N)=O. The van der Waals surface area contributed by atoms with E-state index in [0.717, 1.165) is 48.5 Å². The second kappa shape index (κ2) is 15.6. The topological polar surface area (TPSA) is 268 Å². The van der Waals surface area contributed by atoms with Gasteiger partial charge < -0.3 is 47.4 Å². The molecule has 20 heteroatoms. The Kier molecular flexibility index (Phi) is 13.2. The van der Waals surface area contributed by atoms with Gasteiger partial charge in [-0.05, 0) is 30.5 Å². The van der Waals surface area contributed by atoms with Gasteiger partial charge in [-0.25, -0.2) is 0 Å². The highest BCUT2D eigenvalue weighted by Gasteiger charge is 2.51. The summed E-state index contributed by atoms with van der Waals surface area (Å²) in [6.45, 7) is 0.347. The van der Waals surface area contributed by atoms with Gasteiger partial charge in [-0.15, -0.1) is 0 Å². The van der Waals surface area contributed by atoms with Crippen LogP contribution in [0.2, 0.25) is 0 Å². The van der Waals surface area contributed by atoms with Crippen LogP contribution >= 0.6 is 15.2 Å². The predicted molar refractivity (Wildman–Crippen MR) is 156 cm³/mol. The maximum Gasteiger partial charge on any atom is 0.399 e. The molecule has 0 aliphatic heterocycles. The van der Waals surface area contributed by atoms with Gasteiger partial charge in [-0.1, -0.05) is 55.0 Å². The lowest BCUT2D eigenvalue weighted by Crippen LogP contribution is -2.56. The molecule has 0 aliphatic carbocycles. The molecule has 0 heterocycles.